The van der Waals surface area contributed by atoms with Crippen LogP contribution < -0.4 is 0 Å². The lowest BCUT2D eigenvalue weighted by Gasteiger charge is -2.15. The highest BCUT2D eigenvalue weighted by Crippen LogP contribution is 2.34. The van der Waals surface area contributed by atoms with Crippen LogP contribution in [0, 0.1) is 12.3 Å². The smallest absolute Gasteiger partial charge is 0.160 e. The van der Waals surface area contributed by atoms with E-state index in [2.05, 4.69) is 97.1 Å². The molecule has 0 atom stereocenters. The molecule has 1 aromatic heterocycles. The maximum absolute atomic E-state index is 9.02. The van der Waals surface area contributed by atoms with Crippen LogP contribution in [0.5, 0.6) is 0 Å². The first-order chi connectivity index (χ1) is 24.5. The van der Waals surface area contributed by atoms with Crippen molar-refractivity contribution in [1.82, 2.24) is 9.97 Å². The number of aryl methyl sites for hydroxylation is 1. The summed E-state index contributed by atoms with van der Waals surface area (Å²) in [5, 5.41) is 9.02. The molecule has 0 aliphatic carbocycles. The van der Waals surface area contributed by atoms with E-state index in [1.165, 1.54) is 0 Å². The summed E-state index contributed by atoms with van der Waals surface area (Å²) in [6, 6.07) is 57.8. The summed E-state index contributed by atoms with van der Waals surface area (Å²) in [5.41, 5.74) is 13.0. The molecule has 7 aromatic rings. The number of hydrogen-bond donors (Lipinski definition) is 1. The third-order valence-corrected chi connectivity index (χ3v) is 8.55. The van der Waals surface area contributed by atoms with Crippen molar-refractivity contribution in [2.45, 2.75) is 13.8 Å². The van der Waals surface area contributed by atoms with Gasteiger partial charge < -0.3 is 5.41 Å². The minimum Gasteiger partial charge on any atom is -0.305 e. The number of aromatic nitrogens is 2. The Morgan fingerprint density at radius 2 is 1.08 bits per heavy atom. The normalized spacial score (nSPS) is 11.7. The second-order valence-corrected chi connectivity index (χ2v) is 12.2. The molecular formula is C46H36N4. The van der Waals surface area contributed by atoms with Crippen LogP contribution in [0.1, 0.15) is 29.3 Å². The quantitative estimate of drug-likeness (QED) is 0.126. The van der Waals surface area contributed by atoms with Crippen LogP contribution in [0.15, 0.2) is 175 Å². The summed E-state index contributed by atoms with van der Waals surface area (Å²) in [4.78, 5) is 14.7. The molecule has 0 amide bonds. The molecule has 0 unspecified atom stereocenters. The van der Waals surface area contributed by atoms with Gasteiger partial charge in [0, 0.05) is 39.9 Å². The summed E-state index contributed by atoms with van der Waals surface area (Å²) >= 11 is 0. The van der Waals surface area contributed by atoms with Gasteiger partial charge in [0.15, 0.2) is 5.82 Å². The number of allylic oxidation sites excluding steroid dienone is 1. The largest absolute Gasteiger partial charge is 0.305 e. The topological polar surface area (TPSA) is 62.0 Å². The van der Waals surface area contributed by atoms with Crippen molar-refractivity contribution in [2.24, 2.45) is 4.99 Å². The van der Waals surface area contributed by atoms with Crippen LogP contribution in [0.4, 0.5) is 0 Å². The molecule has 6 aromatic carbocycles. The molecule has 0 aliphatic rings. The molecule has 240 valence electrons. The van der Waals surface area contributed by atoms with Gasteiger partial charge in [0.25, 0.3) is 0 Å². The van der Waals surface area contributed by atoms with E-state index in [1.807, 2.05) is 92.9 Å². The van der Waals surface area contributed by atoms with Gasteiger partial charge >= 0.3 is 0 Å². The van der Waals surface area contributed by atoms with Gasteiger partial charge in [-0.25, -0.2) is 9.97 Å². The summed E-state index contributed by atoms with van der Waals surface area (Å²) in [7, 11) is 0. The standard InChI is InChI=1S/C46H36N4/c1-32-28-43(50-46(49-32)38-18-10-5-11-19-38)41-22-12-20-39(29-41)40-21-13-23-42(30-40)44(33(2)47)45(48-31-34-14-6-3-7-15-34)37-26-24-36(25-27-37)35-16-8-4-9-17-35/h3-31,47H,1-2H3/b45-44+,47-33?,48-31?. The molecule has 4 heteroatoms. The fraction of sp³-hybridized carbons (Fsp3) is 0.0435. The Balaban J connectivity index is 1.31. The Bertz CT molecular complexity index is 2320. The molecule has 1 N–H and O–H groups in total. The molecule has 0 spiro atoms. The van der Waals surface area contributed by atoms with Crippen LogP contribution in [0.25, 0.3) is 56.2 Å². The van der Waals surface area contributed by atoms with Gasteiger partial charge in [0.2, 0.25) is 0 Å². The first-order valence-electron chi connectivity index (χ1n) is 16.7. The monoisotopic (exact) mass is 644 g/mol. The highest BCUT2D eigenvalue weighted by molar-refractivity contribution is 6.28. The van der Waals surface area contributed by atoms with Crippen LogP contribution in [0.2, 0.25) is 0 Å². The predicted molar refractivity (Wildman–Crippen MR) is 209 cm³/mol. The molecule has 0 saturated carbocycles. The lowest BCUT2D eigenvalue weighted by atomic mass is 9.92. The highest BCUT2D eigenvalue weighted by Gasteiger charge is 2.16. The van der Waals surface area contributed by atoms with Crippen molar-refractivity contribution in [3.8, 4) is 44.9 Å². The second-order valence-electron chi connectivity index (χ2n) is 12.2. The fourth-order valence-electron chi connectivity index (χ4n) is 6.09. The zero-order valence-electron chi connectivity index (χ0n) is 28.1. The third-order valence-electron chi connectivity index (χ3n) is 8.55. The number of aliphatic imine (C=N–C) groups is 1. The number of nitrogens with zero attached hydrogens (tertiary/aromatic N) is 3. The highest BCUT2D eigenvalue weighted by atomic mass is 14.9. The van der Waals surface area contributed by atoms with Crippen LogP contribution >= 0.6 is 0 Å². The minimum absolute atomic E-state index is 0.438. The summed E-state index contributed by atoms with van der Waals surface area (Å²) in [5.74, 6) is 0.713. The van der Waals surface area contributed by atoms with Gasteiger partial charge in [0.1, 0.15) is 0 Å². The molecule has 0 bridgehead atoms. The first kappa shape index (κ1) is 32.0. The molecule has 7 rings (SSSR count). The predicted octanol–water partition coefficient (Wildman–Crippen LogP) is 11.5. The summed E-state index contributed by atoms with van der Waals surface area (Å²) in [6.45, 7) is 3.84. The van der Waals surface area contributed by atoms with Gasteiger partial charge in [0.05, 0.1) is 11.4 Å². The SMILES string of the molecule is CC(=N)/C(=C(\N=Cc1ccccc1)c1ccc(-c2ccccc2)cc1)c1cccc(-c2cccc(-c3cc(C)nc(-c4ccccc4)n3)c2)c1. The Morgan fingerprint density at radius 1 is 0.520 bits per heavy atom. The van der Waals surface area contributed by atoms with E-state index in [4.69, 9.17) is 20.4 Å². The first-order valence-corrected chi connectivity index (χ1v) is 16.7. The van der Waals surface area contributed by atoms with Gasteiger partial charge in [-0.2, -0.15) is 0 Å². The maximum atomic E-state index is 9.02. The molecule has 0 aliphatic heterocycles. The van der Waals surface area contributed by atoms with Crippen LogP contribution in [-0.2, 0) is 0 Å². The average Bonchev–Trinajstić information content (AvgIpc) is 3.17. The zero-order chi connectivity index (χ0) is 34.3. The average molecular weight is 645 g/mol. The summed E-state index contributed by atoms with van der Waals surface area (Å²) in [6.07, 6.45) is 1.88. The van der Waals surface area contributed by atoms with Crippen molar-refractivity contribution < 1.29 is 0 Å². The molecule has 0 fully saturated rings. The number of nitrogens with one attached hydrogen (secondary N) is 1. The van der Waals surface area contributed by atoms with E-state index in [1.54, 1.807) is 0 Å². The van der Waals surface area contributed by atoms with Crippen molar-refractivity contribution in [3.63, 3.8) is 0 Å². The van der Waals surface area contributed by atoms with Crippen molar-refractivity contribution in [3.05, 3.63) is 192 Å². The molecule has 0 saturated heterocycles. The van der Waals surface area contributed by atoms with E-state index < -0.39 is 0 Å². The fourth-order valence-corrected chi connectivity index (χ4v) is 6.09. The van der Waals surface area contributed by atoms with Crippen molar-refractivity contribution in [1.29, 1.82) is 5.41 Å². The summed E-state index contributed by atoms with van der Waals surface area (Å²) < 4.78 is 0. The minimum atomic E-state index is 0.438. The third kappa shape index (κ3) is 7.30. The van der Waals surface area contributed by atoms with E-state index in [0.29, 0.717) is 11.5 Å². The lowest BCUT2D eigenvalue weighted by Crippen LogP contribution is -2.01. The number of hydrogen-bond acceptors (Lipinski definition) is 4. The van der Waals surface area contributed by atoms with Crippen LogP contribution in [0.3, 0.4) is 0 Å². The Kier molecular flexibility index (Phi) is 9.43. The number of rotatable bonds is 9. The second kappa shape index (κ2) is 14.7. The van der Waals surface area contributed by atoms with Crippen molar-refractivity contribution >= 4 is 23.2 Å². The molecule has 50 heavy (non-hydrogen) atoms. The van der Waals surface area contributed by atoms with Crippen LogP contribution in [-0.4, -0.2) is 21.9 Å². The maximum Gasteiger partial charge on any atom is 0.160 e. The number of benzene rings is 6. The van der Waals surface area contributed by atoms with Gasteiger partial charge in [-0.3, -0.25) is 4.99 Å². The Labute approximate surface area is 293 Å². The van der Waals surface area contributed by atoms with E-state index in [9.17, 15) is 0 Å². The molecule has 1 heterocycles. The zero-order valence-corrected chi connectivity index (χ0v) is 28.1. The Morgan fingerprint density at radius 3 is 1.76 bits per heavy atom. The lowest BCUT2D eigenvalue weighted by molar-refractivity contribution is 1.11. The molecule has 0 radical (unpaired) electrons. The molecular weight excluding hydrogens is 609 g/mol. The van der Waals surface area contributed by atoms with Gasteiger partial charge in [-0.1, -0.05) is 152 Å². The van der Waals surface area contributed by atoms with E-state index in [-0.39, 0.29) is 0 Å². The van der Waals surface area contributed by atoms with Gasteiger partial charge in [-0.15, -0.1) is 0 Å². The Hall–Kier alpha value is -6.52. The van der Waals surface area contributed by atoms with Crippen molar-refractivity contribution in [2.75, 3.05) is 0 Å². The van der Waals surface area contributed by atoms with E-state index >= 15 is 0 Å². The van der Waals surface area contributed by atoms with Gasteiger partial charge in [-0.05, 0) is 65.4 Å². The van der Waals surface area contributed by atoms with E-state index in [0.717, 1.165) is 72.7 Å². The molecule has 4 nitrogen and oxygen atoms in total.